The van der Waals surface area contributed by atoms with Crippen LogP contribution in [0.15, 0.2) is 22.7 Å². The average Bonchev–Trinajstić information content (AvgIpc) is 2.81. The van der Waals surface area contributed by atoms with E-state index >= 15 is 0 Å². The van der Waals surface area contributed by atoms with Crippen LogP contribution in [0.25, 0.3) is 0 Å². The lowest BCUT2D eigenvalue weighted by Crippen LogP contribution is -2.30. The third-order valence-electron chi connectivity index (χ3n) is 2.44. The number of aryl methyl sites for hydroxylation is 1. The molecule has 1 heterocycles. The van der Waals surface area contributed by atoms with E-state index in [1.807, 2.05) is 0 Å². The Morgan fingerprint density at radius 3 is 2.67 bits per heavy atom. The largest absolute Gasteiger partial charge is 0.484 e. The highest BCUT2D eigenvalue weighted by molar-refractivity contribution is 6.34. The number of aromatic nitrogens is 2. The quantitative estimate of drug-likeness (QED) is 0.880. The molecule has 0 aliphatic rings. The van der Waals surface area contributed by atoms with E-state index in [0.29, 0.717) is 40.5 Å². The normalized spacial score (nSPS) is 10.4. The smallest absolute Gasteiger partial charge is 0.257 e. The van der Waals surface area contributed by atoms with Gasteiger partial charge in [0, 0.05) is 23.0 Å². The van der Waals surface area contributed by atoms with Crippen molar-refractivity contribution < 1.29 is 14.1 Å². The predicted molar refractivity (Wildman–Crippen MR) is 77.7 cm³/mol. The van der Waals surface area contributed by atoms with E-state index in [1.165, 1.54) is 0 Å². The van der Waals surface area contributed by atoms with Gasteiger partial charge in [-0.25, -0.2) is 0 Å². The fourth-order valence-electron chi connectivity index (χ4n) is 1.56. The lowest BCUT2D eigenvalue weighted by Gasteiger charge is -2.07. The lowest BCUT2D eigenvalue weighted by atomic mass is 10.3. The maximum absolute atomic E-state index is 11.6. The molecule has 0 spiro atoms. The van der Waals surface area contributed by atoms with Crippen molar-refractivity contribution >= 4 is 29.1 Å². The summed E-state index contributed by atoms with van der Waals surface area (Å²) in [5.41, 5.74) is 0. The number of nitrogens with one attached hydrogen (secondary N) is 1. The summed E-state index contributed by atoms with van der Waals surface area (Å²) in [6.45, 7) is 2.00. The van der Waals surface area contributed by atoms with Gasteiger partial charge in [-0.05, 0) is 25.1 Å². The number of hydrogen-bond donors (Lipinski definition) is 1. The molecule has 0 saturated heterocycles. The van der Waals surface area contributed by atoms with E-state index in [1.54, 1.807) is 25.1 Å². The van der Waals surface area contributed by atoms with Crippen LogP contribution in [0.3, 0.4) is 0 Å². The average molecular weight is 330 g/mol. The Bertz CT molecular complexity index is 611. The number of ether oxygens (including phenoxy) is 1. The minimum Gasteiger partial charge on any atom is -0.484 e. The second-order valence-electron chi connectivity index (χ2n) is 4.23. The molecule has 0 fully saturated rings. The molecule has 0 radical (unpaired) electrons. The van der Waals surface area contributed by atoms with Crippen molar-refractivity contribution in [2.45, 2.75) is 13.3 Å². The molecule has 2 rings (SSSR count). The summed E-state index contributed by atoms with van der Waals surface area (Å²) in [6, 6.07) is 4.76. The number of rotatable bonds is 6. The van der Waals surface area contributed by atoms with Gasteiger partial charge in [0.2, 0.25) is 5.89 Å². The molecule has 6 nitrogen and oxygen atoms in total. The van der Waals surface area contributed by atoms with Crippen LogP contribution >= 0.6 is 23.2 Å². The number of hydrogen-bond acceptors (Lipinski definition) is 5. The van der Waals surface area contributed by atoms with Crippen molar-refractivity contribution in [2.75, 3.05) is 13.2 Å². The van der Waals surface area contributed by atoms with Gasteiger partial charge in [0.25, 0.3) is 5.91 Å². The van der Waals surface area contributed by atoms with Crippen molar-refractivity contribution in [1.29, 1.82) is 0 Å². The van der Waals surface area contributed by atoms with Crippen molar-refractivity contribution in [3.63, 3.8) is 0 Å². The van der Waals surface area contributed by atoms with Crippen molar-refractivity contribution in [3.8, 4) is 5.75 Å². The number of nitrogens with zero attached hydrogens (tertiary/aromatic N) is 2. The summed E-state index contributed by atoms with van der Waals surface area (Å²) in [7, 11) is 0. The van der Waals surface area contributed by atoms with Crippen LogP contribution < -0.4 is 10.1 Å². The van der Waals surface area contributed by atoms with E-state index in [4.69, 9.17) is 32.5 Å². The second-order valence-corrected chi connectivity index (χ2v) is 5.10. The molecule has 21 heavy (non-hydrogen) atoms. The van der Waals surface area contributed by atoms with Crippen LogP contribution in [-0.4, -0.2) is 29.2 Å². The van der Waals surface area contributed by atoms with Gasteiger partial charge in [-0.15, -0.1) is 0 Å². The number of benzene rings is 1. The standard InChI is InChI=1S/C13H13Cl2N3O3/c1-8-17-13(21-18-8)2-3-16-12(19)7-20-11-5-9(14)4-10(15)6-11/h4-6H,2-3,7H2,1H3,(H,16,19). The highest BCUT2D eigenvalue weighted by atomic mass is 35.5. The Kier molecular flexibility index (Phi) is 5.41. The first kappa shape index (κ1) is 15.6. The Hall–Kier alpha value is -1.79. The van der Waals surface area contributed by atoms with Crippen molar-refractivity contribution in [3.05, 3.63) is 40.0 Å². The first-order valence-electron chi connectivity index (χ1n) is 6.18. The maximum atomic E-state index is 11.6. The van der Waals surface area contributed by atoms with Crippen LogP contribution in [0.4, 0.5) is 0 Å². The lowest BCUT2D eigenvalue weighted by molar-refractivity contribution is -0.123. The van der Waals surface area contributed by atoms with Gasteiger partial charge < -0.3 is 14.6 Å². The zero-order valence-electron chi connectivity index (χ0n) is 11.2. The number of carbonyl (C=O) groups is 1. The Morgan fingerprint density at radius 2 is 2.05 bits per heavy atom. The van der Waals surface area contributed by atoms with Crippen LogP contribution in [0.5, 0.6) is 5.75 Å². The molecule has 0 saturated carbocycles. The highest BCUT2D eigenvalue weighted by Gasteiger charge is 2.06. The molecule has 1 aromatic heterocycles. The third-order valence-corrected chi connectivity index (χ3v) is 2.87. The molecule has 1 amide bonds. The minimum atomic E-state index is -0.262. The third kappa shape index (κ3) is 5.24. The Morgan fingerprint density at radius 1 is 1.33 bits per heavy atom. The molecule has 1 aromatic carbocycles. The van der Waals surface area contributed by atoms with Crippen LogP contribution in [-0.2, 0) is 11.2 Å². The molecule has 0 bridgehead atoms. The zero-order valence-corrected chi connectivity index (χ0v) is 12.7. The fourth-order valence-corrected chi connectivity index (χ4v) is 2.07. The van der Waals surface area contributed by atoms with Gasteiger partial charge in [0.15, 0.2) is 12.4 Å². The summed E-state index contributed by atoms with van der Waals surface area (Å²) in [6.07, 6.45) is 0.468. The van der Waals surface area contributed by atoms with E-state index in [2.05, 4.69) is 15.5 Å². The topological polar surface area (TPSA) is 77.2 Å². The van der Waals surface area contributed by atoms with Gasteiger partial charge in [0.05, 0.1) is 0 Å². The molecule has 0 unspecified atom stereocenters. The van der Waals surface area contributed by atoms with Crippen LogP contribution in [0.1, 0.15) is 11.7 Å². The summed E-state index contributed by atoms with van der Waals surface area (Å²) in [4.78, 5) is 15.6. The van der Waals surface area contributed by atoms with Gasteiger partial charge in [-0.1, -0.05) is 28.4 Å². The van der Waals surface area contributed by atoms with Crippen LogP contribution in [0, 0.1) is 6.92 Å². The SMILES string of the molecule is Cc1noc(CCNC(=O)COc2cc(Cl)cc(Cl)c2)n1. The van der Waals surface area contributed by atoms with Gasteiger partial charge >= 0.3 is 0 Å². The Balaban J connectivity index is 1.72. The fraction of sp³-hybridized carbons (Fsp3) is 0.308. The summed E-state index contributed by atoms with van der Waals surface area (Å²) in [5, 5.41) is 7.24. The molecule has 8 heteroatoms. The van der Waals surface area contributed by atoms with E-state index in [0.717, 1.165) is 0 Å². The molecule has 0 atom stereocenters. The monoisotopic (exact) mass is 329 g/mol. The Labute approximate surface area is 131 Å². The first-order valence-corrected chi connectivity index (χ1v) is 6.93. The molecular formula is C13H13Cl2N3O3. The maximum Gasteiger partial charge on any atom is 0.257 e. The van der Waals surface area contributed by atoms with Crippen LogP contribution in [0.2, 0.25) is 10.0 Å². The molecule has 1 N–H and O–H groups in total. The van der Waals surface area contributed by atoms with E-state index in [9.17, 15) is 4.79 Å². The number of carbonyl (C=O) groups excluding carboxylic acids is 1. The minimum absolute atomic E-state index is 0.125. The van der Waals surface area contributed by atoms with Crippen molar-refractivity contribution in [2.24, 2.45) is 0 Å². The molecule has 0 aliphatic carbocycles. The van der Waals surface area contributed by atoms with Gasteiger partial charge in [-0.2, -0.15) is 4.98 Å². The van der Waals surface area contributed by atoms with E-state index in [-0.39, 0.29) is 12.5 Å². The summed E-state index contributed by atoms with van der Waals surface area (Å²) in [5.74, 6) is 1.23. The molecule has 0 aliphatic heterocycles. The number of halogens is 2. The van der Waals surface area contributed by atoms with Gasteiger partial charge in [-0.3, -0.25) is 4.79 Å². The summed E-state index contributed by atoms with van der Waals surface area (Å²) < 4.78 is 10.2. The molecular weight excluding hydrogens is 317 g/mol. The molecule has 112 valence electrons. The van der Waals surface area contributed by atoms with E-state index < -0.39 is 0 Å². The zero-order chi connectivity index (χ0) is 15.2. The highest BCUT2D eigenvalue weighted by Crippen LogP contribution is 2.23. The van der Waals surface area contributed by atoms with Crippen molar-refractivity contribution in [1.82, 2.24) is 15.5 Å². The predicted octanol–water partition coefficient (Wildman–Crippen LogP) is 2.42. The summed E-state index contributed by atoms with van der Waals surface area (Å²) >= 11 is 11.7. The molecule has 2 aromatic rings. The first-order chi connectivity index (χ1) is 10.0. The van der Waals surface area contributed by atoms with Gasteiger partial charge in [0.1, 0.15) is 5.75 Å². The number of amides is 1. The second kappa shape index (κ2) is 7.28.